The molecule has 4 nitrogen and oxygen atoms in total. The number of carbonyl (C=O) groups is 1. The van der Waals surface area contributed by atoms with Gasteiger partial charge >= 0.3 is 0 Å². The molecule has 1 rings (SSSR count). The molecule has 1 aromatic carbocycles. The summed E-state index contributed by atoms with van der Waals surface area (Å²) in [5.74, 6) is -0.319. The first-order chi connectivity index (χ1) is 7.72. The van der Waals surface area contributed by atoms with Crippen molar-refractivity contribution in [3.63, 3.8) is 0 Å². The van der Waals surface area contributed by atoms with Gasteiger partial charge in [-0.25, -0.2) is 0 Å². The number of rotatable bonds is 5. The minimum atomic E-state index is -0.772. The quantitative estimate of drug-likeness (QED) is 0.753. The largest absolute Gasteiger partial charge is 0.497 e. The van der Waals surface area contributed by atoms with E-state index < -0.39 is 5.92 Å². The highest BCUT2D eigenvalue weighted by Crippen LogP contribution is 2.19. The number of ether oxygens (including phenoxy) is 2. The molecule has 1 atom stereocenters. The molecule has 16 heavy (non-hydrogen) atoms. The van der Waals surface area contributed by atoms with Gasteiger partial charge in [0, 0.05) is 7.11 Å². The lowest BCUT2D eigenvalue weighted by Crippen LogP contribution is -2.16. The summed E-state index contributed by atoms with van der Waals surface area (Å²) in [6, 6.07) is 8.83. The highest BCUT2D eigenvalue weighted by molar-refractivity contribution is 5.89. The number of ketones is 1. The number of nitriles is 1. The molecule has 0 aromatic heterocycles. The average Bonchev–Trinajstić information content (AvgIpc) is 2.31. The van der Waals surface area contributed by atoms with Crippen molar-refractivity contribution in [3.05, 3.63) is 29.8 Å². The maximum atomic E-state index is 11.6. The summed E-state index contributed by atoms with van der Waals surface area (Å²) >= 11 is 0. The van der Waals surface area contributed by atoms with Gasteiger partial charge in [0.05, 0.1) is 13.2 Å². The Hall–Kier alpha value is -1.86. The molecule has 0 N–H and O–H groups in total. The van der Waals surface area contributed by atoms with Gasteiger partial charge in [0.2, 0.25) is 0 Å². The second-order valence-electron chi connectivity index (χ2n) is 3.23. The predicted octanol–water partition coefficient (Wildman–Crippen LogP) is 1.52. The molecule has 0 aliphatic carbocycles. The van der Waals surface area contributed by atoms with Crippen molar-refractivity contribution < 1.29 is 14.3 Å². The number of methoxy groups -OCH3 is 2. The van der Waals surface area contributed by atoms with Crippen LogP contribution < -0.4 is 4.74 Å². The second kappa shape index (κ2) is 5.89. The summed E-state index contributed by atoms with van der Waals surface area (Å²) in [4.78, 5) is 11.6. The Labute approximate surface area is 94.4 Å². The summed E-state index contributed by atoms with van der Waals surface area (Å²) < 4.78 is 9.73. The minimum absolute atomic E-state index is 0.0513. The Morgan fingerprint density at radius 2 is 2.00 bits per heavy atom. The van der Waals surface area contributed by atoms with Crippen LogP contribution in [0.5, 0.6) is 5.75 Å². The van der Waals surface area contributed by atoms with E-state index in [0.29, 0.717) is 11.3 Å². The number of benzene rings is 1. The summed E-state index contributed by atoms with van der Waals surface area (Å²) in [5.41, 5.74) is 0.658. The van der Waals surface area contributed by atoms with Gasteiger partial charge in [-0.1, -0.05) is 12.1 Å². The minimum Gasteiger partial charge on any atom is -0.497 e. The van der Waals surface area contributed by atoms with Crippen LogP contribution in [0.15, 0.2) is 24.3 Å². The summed E-state index contributed by atoms with van der Waals surface area (Å²) in [5, 5.41) is 8.95. The van der Waals surface area contributed by atoms with Crippen molar-refractivity contribution >= 4 is 5.78 Å². The molecule has 0 radical (unpaired) electrons. The molecule has 4 heteroatoms. The van der Waals surface area contributed by atoms with Gasteiger partial charge in [-0.2, -0.15) is 5.26 Å². The highest BCUT2D eigenvalue weighted by atomic mass is 16.5. The Kier molecular flexibility index (Phi) is 4.49. The van der Waals surface area contributed by atoms with Crippen molar-refractivity contribution in [2.75, 3.05) is 20.8 Å². The van der Waals surface area contributed by atoms with Crippen LogP contribution in [0.4, 0.5) is 0 Å². The van der Waals surface area contributed by atoms with E-state index in [0.717, 1.165) is 0 Å². The molecule has 0 amide bonds. The molecular weight excluding hydrogens is 206 g/mol. The first-order valence-electron chi connectivity index (χ1n) is 4.78. The topological polar surface area (TPSA) is 59.3 Å². The van der Waals surface area contributed by atoms with Gasteiger partial charge in [0.25, 0.3) is 0 Å². The number of Topliss-reactive ketones (excluding diaryl/α,β-unsaturated/α-hetero) is 1. The summed E-state index contributed by atoms with van der Waals surface area (Å²) in [7, 11) is 2.99. The molecule has 1 aromatic rings. The third-order valence-corrected chi connectivity index (χ3v) is 2.19. The fraction of sp³-hybridized carbons (Fsp3) is 0.333. The van der Waals surface area contributed by atoms with Crippen molar-refractivity contribution in [3.8, 4) is 11.8 Å². The zero-order valence-electron chi connectivity index (χ0n) is 9.27. The fourth-order valence-corrected chi connectivity index (χ4v) is 1.35. The Balaban J connectivity index is 2.88. The summed E-state index contributed by atoms with van der Waals surface area (Å²) in [6.07, 6.45) is 0. The van der Waals surface area contributed by atoms with Crippen LogP contribution in [0.2, 0.25) is 0 Å². The molecular formula is C12H13NO3. The molecule has 0 aliphatic rings. The monoisotopic (exact) mass is 219 g/mol. The highest BCUT2D eigenvalue weighted by Gasteiger charge is 2.19. The maximum Gasteiger partial charge on any atom is 0.179 e. The van der Waals surface area contributed by atoms with E-state index in [2.05, 4.69) is 0 Å². The lowest BCUT2D eigenvalue weighted by molar-refractivity contribution is -0.122. The lowest BCUT2D eigenvalue weighted by Gasteiger charge is -2.08. The van der Waals surface area contributed by atoms with Gasteiger partial charge in [-0.15, -0.1) is 0 Å². The van der Waals surface area contributed by atoms with Gasteiger partial charge < -0.3 is 9.47 Å². The van der Waals surface area contributed by atoms with Crippen LogP contribution in [0.3, 0.4) is 0 Å². The lowest BCUT2D eigenvalue weighted by atomic mass is 9.96. The second-order valence-corrected chi connectivity index (χ2v) is 3.23. The Bertz CT molecular complexity index is 392. The molecule has 0 fully saturated rings. The van der Waals surface area contributed by atoms with E-state index in [1.165, 1.54) is 7.11 Å². The van der Waals surface area contributed by atoms with Crippen LogP contribution in [0.1, 0.15) is 11.5 Å². The molecule has 0 saturated carbocycles. The number of nitrogens with zero attached hydrogens (tertiary/aromatic N) is 1. The first kappa shape index (κ1) is 12.2. The molecule has 0 aliphatic heterocycles. The SMILES string of the molecule is COCC(=O)C(C#N)c1ccc(OC)cc1. The Morgan fingerprint density at radius 3 is 2.44 bits per heavy atom. The van der Waals surface area contributed by atoms with E-state index in [1.807, 2.05) is 6.07 Å². The standard InChI is InChI=1S/C12H13NO3/c1-15-8-12(14)11(7-13)9-3-5-10(16-2)6-4-9/h3-6,11H,8H2,1-2H3. The van der Waals surface area contributed by atoms with E-state index in [-0.39, 0.29) is 12.4 Å². The molecule has 84 valence electrons. The van der Waals surface area contributed by atoms with Crippen molar-refractivity contribution in [2.24, 2.45) is 0 Å². The van der Waals surface area contributed by atoms with E-state index in [9.17, 15) is 4.79 Å². The van der Waals surface area contributed by atoms with Gasteiger partial charge in [0.1, 0.15) is 18.3 Å². The van der Waals surface area contributed by atoms with Gasteiger partial charge in [-0.3, -0.25) is 4.79 Å². The molecule has 1 unspecified atom stereocenters. The summed E-state index contributed by atoms with van der Waals surface area (Å²) in [6.45, 7) is -0.0513. The van der Waals surface area contributed by atoms with Gasteiger partial charge in [0.15, 0.2) is 5.78 Å². The predicted molar refractivity (Wildman–Crippen MR) is 58.2 cm³/mol. The molecule has 0 bridgehead atoms. The van der Waals surface area contributed by atoms with Crippen molar-refractivity contribution in [1.82, 2.24) is 0 Å². The molecule has 0 heterocycles. The average molecular weight is 219 g/mol. The number of hydrogen-bond acceptors (Lipinski definition) is 4. The zero-order valence-corrected chi connectivity index (χ0v) is 9.27. The third-order valence-electron chi connectivity index (χ3n) is 2.19. The smallest absolute Gasteiger partial charge is 0.179 e. The first-order valence-corrected chi connectivity index (χ1v) is 4.78. The van der Waals surface area contributed by atoms with E-state index >= 15 is 0 Å². The van der Waals surface area contributed by atoms with Crippen LogP contribution in [0, 0.1) is 11.3 Å². The molecule has 0 saturated heterocycles. The van der Waals surface area contributed by atoms with Crippen LogP contribution in [-0.4, -0.2) is 26.6 Å². The third kappa shape index (κ3) is 2.81. The number of hydrogen-bond donors (Lipinski definition) is 0. The van der Waals surface area contributed by atoms with E-state index in [4.69, 9.17) is 14.7 Å². The van der Waals surface area contributed by atoms with Crippen molar-refractivity contribution in [1.29, 1.82) is 5.26 Å². The van der Waals surface area contributed by atoms with Crippen LogP contribution in [0.25, 0.3) is 0 Å². The van der Waals surface area contributed by atoms with E-state index in [1.54, 1.807) is 31.4 Å². The fourth-order valence-electron chi connectivity index (χ4n) is 1.35. The zero-order chi connectivity index (χ0) is 12.0. The van der Waals surface area contributed by atoms with Gasteiger partial charge in [-0.05, 0) is 17.7 Å². The maximum absolute atomic E-state index is 11.6. The normalized spacial score (nSPS) is 11.6. The molecule has 0 spiro atoms. The van der Waals surface area contributed by atoms with Crippen molar-refractivity contribution in [2.45, 2.75) is 5.92 Å². The van der Waals surface area contributed by atoms with Crippen LogP contribution in [-0.2, 0) is 9.53 Å². The number of carbonyl (C=O) groups excluding carboxylic acids is 1. The Morgan fingerprint density at radius 1 is 1.38 bits per heavy atom. The van der Waals surface area contributed by atoms with Crippen LogP contribution >= 0.6 is 0 Å².